The summed E-state index contributed by atoms with van der Waals surface area (Å²) in [5, 5.41) is 28.6. The maximum atomic E-state index is 12.2. The van der Waals surface area contributed by atoms with Crippen LogP contribution in [0.15, 0.2) is 17.1 Å². The van der Waals surface area contributed by atoms with E-state index in [1.807, 2.05) is 11.8 Å². The fourth-order valence-electron chi connectivity index (χ4n) is 3.38. The van der Waals surface area contributed by atoms with Crippen molar-refractivity contribution < 1.29 is 15.0 Å². The van der Waals surface area contributed by atoms with E-state index >= 15 is 0 Å². The highest BCUT2D eigenvalue weighted by Gasteiger charge is 2.41. The second-order valence-corrected chi connectivity index (χ2v) is 6.61. The number of likely N-dealkylation sites (N-methyl/N-ethyl adjacent to an activating group) is 1. The first-order valence-electron chi connectivity index (χ1n) is 8.20. The number of likely N-dealkylation sites (tertiary alicyclic amines) is 1. The summed E-state index contributed by atoms with van der Waals surface area (Å²) in [7, 11) is 1.78. The van der Waals surface area contributed by atoms with Gasteiger partial charge in [0.25, 0.3) is 5.91 Å². The van der Waals surface area contributed by atoms with Crippen LogP contribution in [-0.2, 0) is 4.79 Å². The average molecular weight is 360 g/mol. The SMILES string of the molecule is C[C@@H]1CCN(C(=O)C(O)(O)C#N)C[C@@H]1N(C)c1nc(=O)[nH]c2[nH]ccc12. The predicted molar refractivity (Wildman–Crippen MR) is 92.0 cm³/mol. The van der Waals surface area contributed by atoms with E-state index < -0.39 is 17.4 Å². The van der Waals surface area contributed by atoms with Crippen molar-refractivity contribution in [2.45, 2.75) is 25.2 Å². The van der Waals surface area contributed by atoms with Gasteiger partial charge in [0.15, 0.2) is 0 Å². The van der Waals surface area contributed by atoms with Crippen LogP contribution in [0.25, 0.3) is 11.0 Å². The number of hydrogen-bond donors (Lipinski definition) is 4. The average Bonchev–Trinajstić information content (AvgIpc) is 3.08. The van der Waals surface area contributed by atoms with Gasteiger partial charge < -0.3 is 25.0 Å². The van der Waals surface area contributed by atoms with Gasteiger partial charge in [-0.3, -0.25) is 9.78 Å². The Bertz CT molecular complexity index is 927. The fourth-order valence-corrected chi connectivity index (χ4v) is 3.38. The van der Waals surface area contributed by atoms with Crippen LogP contribution in [0.1, 0.15) is 13.3 Å². The standard InChI is InChI=1S/C16H20N6O4/c1-9-4-6-22(14(23)16(25,26)8-17)7-11(9)21(2)13-10-3-5-18-12(10)19-15(24)20-13/h3,5,9,11,25-26H,4,6-7H2,1-2H3,(H2,18,19,20,24)/t9-,11+/m1/s1. The molecule has 138 valence electrons. The van der Waals surface area contributed by atoms with E-state index in [2.05, 4.69) is 15.0 Å². The minimum Gasteiger partial charge on any atom is -0.354 e. The molecule has 3 rings (SSSR count). The molecule has 0 aromatic carbocycles. The molecule has 10 heteroatoms. The number of carbonyl (C=O) groups excluding carboxylic acids is 1. The topological polar surface area (TPSA) is 149 Å². The van der Waals surface area contributed by atoms with Gasteiger partial charge in [-0.2, -0.15) is 10.2 Å². The lowest BCUT2D eigenvalue weighted by Gasteiger charge is -2.42. The third-order valence-corrected chi connectivity index (χ3v) is 4.92. The van der Waals surface area contributed by atoms with Crippen LogP contribution < -0.4 is 10.6 Å². The van der Waals surface area contributed by atoms with Gasteiger partial charge in [-0.15, -0.1) is 0 Å². The molecule has 2 aromatic heterocycles. The first-order valence-corrected chi connectivity index (χ1v) is 8.20. The molecule has 0 radical (unpaired) electrons. The zero-order valence-electron chi connectivity index (χ0n) is 14.4. The van der Waals surface area contributed by atoms with Crippen molar-refractivity contribution in [2.75, 3.05) is 25.0 Å². The number of piperidine rings is 1. The van der Waals surface area contributed by atoms with Crippen molar-refractivity contribution in [2.24, 2.45) is 5.92 Å². The predicted octanol–water partition coefficient (Wildman–Crippen LogP) is -0.871. The molecular formula is C16H20N6O4. The van der Waals surface area contributed by atoms with E-state index in [0.717, 1.165) is 5.39 Å². The molecule has 4 N–H and O–H groups in total. The Kier molecular flexibility index (Phi) is 4.43. The maximum absolute atomic E-state index is 12.2. The van der Waals surface area contributed by atoms with Crippen molar-refractivity contribution in [1.29, 1.82) is 5.26 Å². The van der Waals surface area contributed by atoms with Crippen molar-refractivity contribution in [3.63, 3.8) is 0 Å². The number of anilines is 1. The molecule has 1 fully saturated rings. The van der Waals surface area contributed by atoms with Gasteiger partial charge in [-0.05, 0) is 18.4 Å². The van der Waals surface area contributed by atoms with Crippen LogP contribution in [-0.4, -0.2) is 67.9 Å². The molecule has 1 amide bonds. The molecule has 0 unspecified atom stereocenters. The molecule has 1 aliphatic heterocycles. The first kappa shape index (κ1) is 17.9. The molecule has 0 saturated carbocycles. The number of rotatable bonds is 3. The van der Waals surface area contributed by atoms with Crippen LogP contribution in [0.4, 0.5) is 5.82 Å². The Balaban J connectivity index is 1.91. The summed E-state index contributed by atoms with van der Waals surface area (Å²) < 4.78 is 0. The number of nitrogens with one attached hydrogen (secondary N) is 2. The molecule has 1 aliphatic rings. The lowest BCUT2D eigenvalue weighted by atomic mass is 9.91. The third kappa shape index (κ3) is 3.02. The lowest BCUT2D eigenvalue weighted by Crippen LogP contribution is -2.57. The maximum Gasteiger partial charge on any atom is 0.348 e. The van der Waals surface area contributed by atoms with E-state index in [1.165, 1.54) is 11.0 Å². The molecule has 1 saturated heterocycles. The van der Waals surface area contributed by atoms with E-state index in [-0.39, 0.29) is 18.5 Å². The lowest BCUT2D eigenvalue weighted by molar-refractivity contribution is -0.178. The molecule has 0 spiro atoms. The minimum atomic E-state index is -3.04. The van der Waals surface area contributed by atoms with Crippen LogP contribution in [0, 0.1) is 17.2 Å². The minimum absolute atomic E-state index is 0.160. The highest BCUT2D eigenvalue weighted by molar-refractivity contribution is 5.88. The molecule has 2 atom stereocenters. The van der Waals surface area contributed by atoms with Gasteiger partial charge in [0.05, 0.1) is 11.4 Å². The molecule has 26 heavy (non-hydrogen) atoms. The second kappa shape index (κ2) is 6.44. The number of aromatic amines is 2. The highest BCUT2D eigenvalue weighted by Crippen LogP contribution is 2.28. The third-order valence-electron chi connectivity index (χ3n) is 4.92. The van der Waals surface area contributed by atoms with Crippen molar-refractivity contribution in [3.05, 3.63) is 22.7 Å². The smallest absolute Gasteiger partial charge is 0.348 e. The van der Waals surface area contributed by atoms with E-state index in [4.69, 9.17) is 5.26 Å². The molecule has 10 nitrogen and oxygen atoms in total. The Labute approximate surface area is 148 Å². The van der Waals surface area contributed by atoms with E-state index in [1.54, 1.807) is 19.3 Å². The molecule has 2 aromatic rings. The molecular weight excluding hydrogens is 340 g/mol. The summed E-state index contributed by atoms with van der Waals surface area (Å²) in [5.74, 6) is -3.46. The zero-order valence-corrected chi connectivity index (χ0v) is 14.4. The monoisotopic (exact) mass is 360 g/mol. The zero-order chi connectivity index (χ0) is 19.1. The number of aromatic nitrogens is 3. The first-order chi connectivity index (χ1) is 12.2. The summed E-state index contributed by atoms with van der Waals surface area (Å²) in [6.07, 6.45) is 2.31. The number of aliphatic hydroxyl groups is 2. The van der Waals surface area contributed by atoms with E-state index in [0.29, 0.717) is 24.4 Å². The summed E-state index contributed by atoms with van der Waals surface area (Å²) in [4.78, 5) is 36.7. The number of nitrogens with zero attached hydrogens (tertiary/aromatic N) is 4. The fraction of sp³-hybridized carbons (Fsp3) is 0.500. The van der Waals surface area contributed by atoms with Crippen molar-refractivity contribution in [1.82, 2.24) is 19.9 Å². The quantitative estimate of drug-likeness (QED) is 0.410. The van der Waals surface area contributed by atoms with Crippen molar-refractivity contribution >= 4 is 22.8 Å². The summed E-state index contributed by atoms with van der Waals surface area (Å²) in [5.41, 5.74) is 0.0601. The summed E-state index contributed by atoms with van der Waals surface area (Å²) >= 11 is 0. The molecule has 0 aliphatic carbocycles. The Morgan fingerprint density at radius 1 is 1.54 bits per heavy atom. The number of amides is 1. The second-order valence-electron chi connectivity index (χ2n) is 6.61. The van der Waals surface area contributed by atoms with Gasteiger partial charge in [0, 0.05) is 26.3 Å². The Morgan fingerprint density at radius 2 is 2.27 bits per heavy atom. The number of fused-ring (bicyclic) bond motifs is 1. The Hall–Kier alpha value is -2.90. The van der Waals surface area contributed by atoms with Crippen LogP contribution in [0.3, 0.4) is 0 Å². The van der Waals surface area contributed by atoms with E-state index in [9.17, 15) is 19.8 Å². The van der Waals surface area contributed by atoms with Gasteiger partial charge in [-0.25, -0.2) is 4.79 Å². The van der Waals surface area contributed by atoms with Gasteiger partial charge in [-0.1, -0.05) is 6.92 Å². The molecule has 3 heterocycles. The van der Waals surface area contributed by atoms with Gasteiger partial charge >= 0.3 is 11.5 Å². The van der Waals surface area contributed by atoms with Gasteiger partial charge in [0.1, 0.15) is 17.5 Å². The number of H-pyrrole nitrogens is 2. The normalized spacial score (nSPS) is 20.8. The largest absolute Gasteiger partial charge is 0.354 e. The van der Waals surface area contributed by atoms with Gasteiger partial charge in [0.2, 0.25) is 0 Å². The highest BCUT2D eigenvalue weighted by atomic mass is 16.5. The summed E-state index contributed by atoms with van der Waals surface area (Å²) in [6, 6.07) is 2.78. The number of nitriles is 1. The Morgan fingerprint density at radius 3 is 2.96 bits per heavy atom. The number of carbonyl (C=O) groups is 1. The van der Waals surface area contributed by atoms with Crippen LogP contribution >= 0.6 is 0 Å². The van der Waals surface area contributed by atoms with Crippen molar-refractivity contribution in [3.8, 4) is 6.07 Å². The van der Waals surface area contributed by atoms with Crippen LogP contribution in [0.2, 0.25) is 0 Å². The summed E-state index contributed by atoms with van der Waals surface area (Å²) in [6.45, 7) is 2.51. The van der Waals surface area contributed by atoms with Crippen LogP contribution in [0.5, 0.6) is 0 Å². The molecule has 0 bridgehead atoms. The number of hydrogen-bond acceptors (Lipinski definition) is 7.